The molecule has 0 aliphatic carbocycles. The Morgan fingerprint density at radius 3 is 2.89 bits per heavy atom. The molecule has 1 aromatic carbocycles. The predicted octanol–water partition coefficient (Wildman–Crippen LogP) is 3.04. The Hall–Kier alpha value is -2.91. The van der Waals surface area contributed by atoms with Crippen molar-refractivity contribution in [1.29, 1.82) is 5.26 Å². The summed E-state index contributed by atoms with van der Waals surface area (Å²) in [4.78, 5) is 12.3. The minimum Gasteiger partial charge on any atom is -0.376 e. The second kappa shape index (κ2) is 8.65. The van der Waals surface area contributed by atoms with Gasteiger partial charge in [0.2, 0.25) is 0 Å². The van der Waals surface area contributed by atoms with Crippen LogP contribution in [-0.2, 0) is 16.1 Å². The molecule has 0 bridgehead atoms. The van der Waals surface area contributed by atoms with Gasteiger partial charge in [-0.1, -0.05) is 30.3 Å². The molecule has 2 aromatic rings. The molecule has 1 aliphatic heterocycles. The zero-order valence-corrected chi connectivity index (χ0v) is 15.7. The summed E-state index contributed by atoms with van der Waals surface area (Å²) in [5.41, 5.74) is 6.30. The summed E-state index contributed by atoms with van der Waals surface area (Å²) in [6, 6.07) is 13.0. The van der Waals surface area contributed by atoms with Gasteiger partial charge in [-0.3, -0.25) is 4.79 Å². The van der Waals surface area contributed by atoms with E-state index in [9.17, 15) is 10.1 Å². The van der Waals surface area contributed by atoms with E-state index in [4.69, 9.17) is 4.74 Å². The number of aryl methyl sites for hydroxylation is 1. The zero-order valence-electron chi connectivity index (χ0n) is 15.7. The molecule has 0 unspecified atom stereocenters. The van der Waals surface area contributed by atoms with Gasteiger partial charge in [0.1, 0.15) is 0 Å². The molecule has 2 heterocycles. The van der Waals surface area contributed by atoms with E-state index in [1.165, 1.54) is 0 Å². The highest BCUT2D eigenvalue weighted by atomic mass is 16.5. The number of hydrogen-bond acceptors (Lipinski definition) is 4. The molecule has 1 aromatic heterocycles. The van der Waals surface area contributed by atoms with Gasteiger partial charge >= 0.3 is 0 Å². The number of amides is 1. The first kappa shape index (κ1) is 18.9. The smallest absolute Gasteiger partial charge is 0.261 e. The first-order valence-electron chi connectivity index (χ1n) is 9.16. The minimum absolute atomic E-state index is 0.265. The Labute approximate surface area is 159 Å². The van der Waals surface area contributed by atoms with Crippen LogP contribution in [0.5, 0.6) is 0 Å². The number of aromatic nitrogens is 1. The van der Waals surface area contributed by atoms with E-state index in [1.54, 1.807) is 30.5 Å². The maximum Gasteiger partial charge on any atom is 0.261 e. The number of nitrogens with one attached hydrogen (secondary N) is 1. The van der Waals surface area contributed by atoms with Crippen molar-refractivity contribution in [2.45, 2.75) is 45.3 Å². The van der Waals surface area contributed by atoms with Crippen molar-refractivity contribution >= 4 is 12.1 Å². The Bertz CT molecular complexity index is 858. The lowest BCUT2D eigenvalue weighted by atomic mass is 10.0. The monoisotopic (exact) mass is 364 g/mol. The van der Waals surface area contributed by atoms with Gasteiger partial charge in [0, 0.05) is 30.1 Å². The van der Waals surface area contributed by atoms with Crippen LogP contribution in [0.3, 0.4) is 0 Å². The van der Waals surface area contributed by atoms with Gasteiger partial charge in [0.25, 0.3) is 5.91 Å². The topological polar surface area (TPSA) is 79.4 Å². The quantitative estimate of drug-likeness (QED) is 0.632. The van der Waals surface area contributed by atoms with Crippen molar-refractivity contribution < 1.29 is 9.53 Å². The van der Waals surface area contributed by atoms with Crippen LogP contribution in [0.2, 0.25) is 0 Å². The lowest BCUT2D eigenvalue weighted by molar-refractivity contribution is -0.121. The fourth-order valence-electron chi connectivity index (χ4n) is 3.39. The summed E-state index contributed by atoms with van der Waals surface area (Å²) in [7, 11) is 0. The number of ether oxygens (including phenoxy) is 1. The molecule has 1 fully saturated rings. The second-order valence-corrected chi connectivity index (χ2v) is 6.78. The van der Waals surface area contributed by atoms with Crippen LogP contribution in [0.4, 0.5) is 0 Å². The number of carbonyl (C=O) groups is 1. The highest BCUT2D eigenvalue weighted by Crippen LogP contribution is 2.19. The maximum atomic E-state index is 12.3. The lowest BCUT2D eigenvalue weighted by Crippen LogP contribution is -2.24. The van der Waals surface area contributed by atoms with Crippen LogP contribution in [0.15, 0.2) is 41.5 Å². The highest BCUT2D eigenvalue weighted by molar-refractivity contribution is 5.88. The molecule has 0 spiro atoms. The van der Waals surface area contributed by atoms with E-state index in [0.717, 1.165) is 42.9 Å². The SMILES string of the molecule is Cc1cc(/C=N\NC(=O)[C@H](C#N)c2ccccc2)c(C)n1C[C@@H]1CCCO1. The number of nitriles is 1. The van der Waals surface area contributed by atoms with Crippen molar-refractivity contribution in [3.63, 3.8) is 0 Å². The Morgan fingerprint density at radius 2 is 2.22 bits per heavy atom. The lowest BCUT2D eigenvalue weighted by Gasteiger charge is -2.14. The number of nitrogens with zero attached hydrogens (tertiary/aromatic N) is 3. The molecule has 6 heteroatoms. The molecule has 1 N–H and O–H groups in total. The zero-order chi connectivity index (χ0) is 19.2. The summed E-state index contributed by atoms with van der Waals surface area (Å²) < 4.78 is 7.95. The summed E-state index contributed by atoms with van der Waals surface area (Å²) in [6.45, 7) is 5.76. The van der Waals surface area contributed by atoms with E-state index in [-0.39, 0.29) is 6.10 Å². The summed E-state index contributed by atoms with van der Waals surface area (Å²) in [6.07, 6.45) is 4.10. The molecule has 3 rings (SSSR count). The Balaban J connectivity index is 1.65. The molecule has 0 saturated carbocycles. The van der Waals surface area contributed by atoms with Gasteiger partial charge in [-0.2, -0.15) is 10.4 Å². The number of hydrazone groups is 1. The fourth-order valence-corrected chi connectivity index (χ4v) is 3.39. The van der Waals surface area contributed by atoms with Gasteiger partial charge < -0.3 is 9.30 Å². The van der Waals surface area contributed by atoms with E-state index in [1.807, 2.05) is 25.1 Å². The van der Waals surface area contributed by atoms with Crippen molar-refractivity contribution in [2.24, 2.45) is 5.10 Å². The molecule has 2 atom stereocenters. The van der Waals surface area contributed by atoms with Gasteiger partial charge in [-0.05, 0) is 38.3 Å². The van der Waals surface area contributed by atoms with Crippen LogP contribution < -0.4 is 5.43 Å². The number of rotatable bonds is 6. The van der Waals surface area contributed by atoms with Crippen LogP contribution in [-0.4, -0.2) is 29.4 Å². The molecular weight excluding hydrogens is 340 g/mol. The predicted molar refractivity (Wildman–Crippen MR) is 103 cm³/mol. The van der Waals surface area contributed by atoms with Crippen molar-refractivity contribution in [3.05, 3.63) is 58.9 Å². The van der Waals surface area contributed by atoms with E-state index >= 15 is 0 Å². The minimum atomic E-state index is -0.879. The van der Waals surface area contributed by atoms with Crippen molar-refractivity contribution in [2.75, 3.05) is 6.61 Å². The fraction of sp³-hybridized carbons (Fsp3) is 0.381. The third-order valence-electron chi connectivity index (χ3n) is 4.93. The normalized spacial score (nSPS) is 17.7. The molecule has 1 aliphatic rings. The molecule has 140 valence electrons. The first-order valence-corrected chi connectivity index (χ1v) is 9.16. The molecular formula is C21H24N4O2. The molecule has 1 saturated heterocycles. The van der Waals surface area contributed by atoms with Crippen molar-refractivity contribution in [1.82, 2.24) is 9.99 Å². The number of carbonyl (C=O) groups excluding carboxylic acids is 1. The first-order chi connectivity index (χ1) is 13.1. The average molecular weight is 364 g/mol. The summed E-state index contributed by atoms with van der Waals surface area (Å²) in [5, 5.41) is 13.4. The second-order valence-electron chi connectivity index (χ2n) is 6.78. The molecule has 6 nitrogen and oxygen atoms in total. The van der Waals surface area contributed by atoms with Gasteiger partial charge in [0.05, 0.1) is 18.4 Å². The van der Waals surface area contributed by atoms with Gasteiger partial charge in [-0.25, -0.2) is 5.43 Å². The third kappa shape index (κ3) is 4.44. The van der Waals surface area contributed by atoms with Crippen molar-refractivity contribution in [3.8, 4) is 6.07 Å². The van der Waals surface area contributed by atoms with Gasteiger partial charge in [-0.15, -0.1) is 0 Å². The molecule has 1 amide bonds. The number of hydrogen-bond donors (Lipinski definition) is 1. The molecule has 0 radical (unpaired) electrons. The van der Waals surface area contributed by atoms with Crippen LogP contribution in [0.25, 0.3) is 0 Å². The van der Waals surface area contributed by atoms with Crippen LogP contribution in [0, 0.1) is 25.2 Å². The van der Waals surface area contributed by atoms with Gasteiger partial charge in [0.15, 0.2) is 5.92 Å². The Kier molecular flexibility index (Phi) is 6.05. The maximum absolute atomic E-state index is 12.3. The van der Waals surface area contributed by atoms with Crippen LogP contribution >= 0.6 is 0 Å². The number of benzene rings is 1. The summed E-state index contributed by atoms with van der Waals surface area (Å²) >= 11 is 0. The highest BCUT2D eigenvalue weighted by Gasteiger charge is 2.20. The van der Waals surface area contributed by atoms with E-state index in [0.29, 0.717) is 5.56 Å². The van der Waals surface area contributed by atoms with E-state index in [2.05, 4.69) is 22.0 Å². The van der Waals surface area contributed by atoms with E-state index < -0.39 is 11.8 Å². The van der Waals surface area contributed by atoms with Crippen LogP contribution in [0.1, 0.15) is 41.3 Å². The average Bonchev–Trinajstić information content (AvgIpc) is 3.27. The Morgan fingerprint density at radius 1 is 1.44 bits per heavy atom. The standard InChI is InChI=1S/C21H24N4O2/c1-15-11-18(16(2)25(15)14-19-9-6-10-27-19)13-23-24-21(26)20(12-22)17-7-4-3-5-8-17/h3-5,7-8,11,13,19-20H,6,9-10,14H2,1-2H3,(H,24,26)/b23-13-/t19-,20+/m0/s1. The third-order valence-corrected chi connectivity index (χ3v) is 4.93. The summed E-state index contributed by atoms with van der Waals surface area (Å²) in [5.74, 6) is -1.32. The molecule has 27 heavy (non-hydrogen) atoms. The largest absolute Gasteiger partial charge is 0.376 e.